The van der Waals surface area contributed by atoms with E-state index in [1.807, 2.05) is 20.8 Å². The van der Waals surface area contributed by atoms with E-state index in [9.17, 15) is 4.79 Å². The molecule has 1 aliphatic heterocycles. The molecular formula is C13H21N5O. The quantitative estimate of drug-likeness (QED) is 0.814. The highest BCUT2D eigenvalue weighted by Gasteiger charge is 2.40. The van der Waals surface area contributed by atoms with Crippen LogP contribution in [0.4, 0.5) is 5.82 Å². The van der Waals surface area contributed by atoms with Crippen molar-refractivity contribution < 1.29 is 4.79 Å². The van der Waals surface area contributed by atoms with Gasteiger partial charge in [-0.25, -0.2) is 0 Å². The van der Waals surface area contributed by atoms with Gasteiger partial charge in [0, 0.05) is 25.2 Å². The molecule has 1 aromatic rings. The number of hydrogen-bond acceptors (Lipinski definition) is 5. The number of aryl methyl sites for hydroxylation is 1. The zero-order chi connectivity index (χ0) is 14.2. The van der Waals surface area contributed by atoms with E-state index in [1.165, 1.54) is 0 Å². The molecule has 1 unspecified atom stereocenters. The third-order valence-corrected chi connectivity index (χ3v) is 4.13. The van der Waals surface area contributed by atoms with E-state index in [-0.39, 0.29) is 5.91 Å². The summed E-state index contributed by atoms with van der Waals surface area (Å²) in [5, 5.41) is 8.42. The Kier molecular flexibility index (Phi) is 3.45. The summed E-state index contributed by atoms with van der Waals surface area (Å²) in [7, 11) is 0. The lowest BCUT2D eigenvalue weighted by atomic mass is 9.89. The largest absolute Gasteiger partial charge is 0.369 e. The number of aromatic nitrogens is 2. The fraction of sp³-hybridized carbons (Fsp3) is 0.615. The van der Waals surface area contributed by atoms with Crippen molar-refractivity contribution in [1.82, 2.24) is 10.2 Å². The van der Waals surface area contributed by atoms with Gasteiger partial charge in [-0.1, -0.05) is 0 Å². The maximum Gasteiger partial charge on any atom is 0.225 e. The van der Waals surface area contributed by atoms with Crippen molar-refractivity contribution in [3.05, 3.63) is 16.8 Å². The van der Waals surface area contributed by atoms with E-state index in [0.717, 1.165) is 35.6 Å². The fourth-order valence-electron chi connectivity index (χ4n) is 2.49. The number of anilines is 1. The zero-order valence-electron chi connectivity index (χ0n) is 11.7. The molecule has 0 spiro atoms. The molecule has 1 saturated heterocycles. The van der Waals surface area contributed by atoms with Gasteiger partial charge in [0.2, 0.25) is 5.91 Å². The molecule has 2 heterocycles. The predicted molar refractivity (Wildman–Crippen MR) is 73.5 cm³/mol. The van der Waals surface area contributed by atoms with Gasteiger partial charge in [-0.2, -0.15) is 5.10 Å². The van der Waals surface area contributed by atoms with E-state index < -0.39 is 5.41 Å². The van der Waals surface area contributed by atoms with Crippen molar-refractivity contribution in [1.29, 1.82) is 0 Å². The van der Waals surface area contributed by atoms with Crippen LogP contribution in [0.1, 0.15) is 30.2 Å². The molecule has 0 aliphatic carbocycles. The zero-order valence-corrected chi connectivity index (χ0v) is 11.7. The Bertz CT molecular complexity index is 516. The summed E-state index contributed by atoms with van der Waals surface area (Å²) in [6, 6.07) is 0. The first-order valence-electron chi connectivity index (χ1n) is 6.46. The average molecular weight is 263 g/mol. The summed E-state index contributed by atoms with van der Waals surface area (Å²) < 4.78 is 0. The Morgan fingerprint density at radius 2 is 2.11 bits per heavy atom. The maximum atomic E-state index is 11.5. The van der Waals surface area contributed by atoms with Gasteiger partial charge >= 0.3 is 0 Å². The molecule has 1 aliphatic rings. The van der Waals surface area contributed by atoms with E-state index in [2.05, 4.69) is 15.1 Å². The molecule has 104 valence electrons. The summed E-state index contributed by atoms with van der Waals surface area (Å²) in [5.74, 6) is 0.525. The van der Waals surface area contributed by atoms with Crippen molar-refractivity contribution in [2.75, 3.05) is 18.0 Å². The first-order valence-corrected chi connectivity index (χ1v) is 6.46. The van der Waals surface area contributed by atoms with Gasteiger partial charge in [0.15, 0.2) is 5.82 Å². The first-order chi connectivity index (χ1) is 8.89. The number of amides is 1. The molecule has 1 atom stereocenters. The number of primary amides is 1. The SMILES string of the molecule is Cc1nnc(N2CCC(C)(C(N)=O)C2)c(CN)c1C. The van der Waals surface area contributed by atoms with Gasteiger partial charge in [-0.05, 0) is 32.8 Å². The van der Waals surface area contributed by atoms with Gasteiger partial charge in [0.05, 0.1) is 11.1 Å². The van der Waals surface area contributed by atoms with E-state index in [0.29, 0.717) is 13.1 Å². The fourth-order valence-corrected chi connectivity index (χ4v) is 2.49. The van der Waals surface area contributed by atoms with Crippen LogP contribution < -0.4 is 16.4 Å². The highest BCUT2D eigenvalue weighted by molar-refractivity contribution is 5.82. The van der Waals surface area contributed by atoms with Crippen LogP contribution in [0.2, 0.25) is 0 Å². The molecule has 0 radical (unpaired) electrons. The molecule has 1 aromatic heterocycles. The molecule has 0 saturated carbocycles. The second-order valence-corrected chi connectivity index (χ2v) is 5.51. The number of nitrogens with zero attached hydrogens (tertiary/aromatic N) is 3. The molecule has 1 amide bonds. The maximum absolute atomic E-state index is 11.5. The molecule has 19 heavy (non-hydrogen) atoms. The van der Waals surface area contributed by atoms with Gasteiger partial charge in [0.25, 0.3) is 0 Å². The lowest BCUT2D eigenvalue weighted by Crippen LogP contribution is -2.37. The van der Waals surface area contributed by atoms with Crippen molar-refractivity contribution in [3.63, 3.8) is 0 Å². The van der Waals surface area contributed by atoms with Gasteiger partial charge < -0.3 is 16.4 Å². The normalized spacial score (nSPS) is 22.8. The van der Waals surface area contributed by atoms with Crippen molar-refractivity contribution in [2.45, 2.75) is 33.7 Å². The van der Waals surface area contributed by atoms with Crippen molar-refractivity contribution in [2.24, 2.45) is 16.9 Å². The van der Waals surface area contributed by atoms with E-state index in [1.54, 1.807) is 0 Å². The smallest absolute Gasteiger partial charge is 0.225 e. The average Bonchev–Trinajstić information content (AvgIpc) is 2.76. The third kappa shape index (κ3) is 2.28. The van der Waals surface area contributed by atoms with Crippen molar-refractivity contribution >= 4 is 11.7 Å². The summed E-state index contributed by atoms with van der Waals surface area (Å²) >= 11 is 0. The molecule has 0 bridgehead atoms. The minimum atomic E-state index is -0.494. The Labute approximate surface area is 113 Å². The van der Waals surface area contributed by atoms with Crippen LogP contribution in [0.5, 0.6) is 0 Å². The Balaban J connectivity index is 2.35. The highest BCUT2D eigenvalue weighted by atomic mass is 16.1. The molecule has 4 N–H and O–H groups in total. The summed E-state index contributed by atoms with van der Waals surface area (Å²) in [5.41, 5.74) is 13.8. The summed E-state index contributed by atoms with van der Waals surface area (Å²) in [6.07, 6.45) is 0.737. The minimum absolute atomic E-state index is 0.263. The number of nitrogens with two attached hydrogens (primary N) is 2. The minimum Gasteiger partial charge on any atom is -0.369 e. The molecule has 6 nitrogen and oxygen atoms in total. The second-order valence-electron chi connectivity index (χ2n) is 5.51. The third-order valence-electron chi connectivity index (χ3n) is 4.13. The molecule has 6 heteroatoms. The molecular weight excluding hydrogens is 242 g/mol. The number of carbonyl (C=O) groups excluding carboxylic acids is 1. The van der Waals surface area contributed by atoms with Gasteiger partial charge in [-0.3, -0.25) is 4.79 Å². The van der Waals surface area contributed by atoms with Crippen LogP contribution in [0, 0.1) is 19.3 Å². The van der Waals surface area contributed by atoms with Crippen LogP contribution in [-0.4, -0.2) is 29.2 Å². The predicted octanol–water partition coefficient (Wildman–Crippen LogP) is 0.254. The standard InChI is InChI=1S/C13H21N5O/c1-8-9(2)16-17-11(10(8)6-14)18-5-4-13(3,7-18)12(15)19/h4-7,14H2,1-3H3,(H2,15,19). The Morgan fingerprint density at radius 1 is 1.42 bits per heavy atom. The Hall–Kier alpha value is -1.69. The topological polar surface area (TPSA) is 98.1 Å². The van der Waals surface area contributed by atoms with Crippen LogP contribution in [0.25, 0.3) is 0 Å². The number of carbonyl (C=O) groups is 1. The Morgan fingerprint density at radius 3 is 2.63 bits per heavy atom. The van der Waals surface area contributed by atoms with Gasteiger partial charge in [-0.15, -0.1) is 5.10 Å². The van der Waals surface area contributed by atoms with Crippen LogP contribution in [-0.2, 0) is 11.3 Å². The summed E-state index contributed by atoms with van der Waals surface area (Å²) in [6.45, 7) is 7.56. The highest BCUT2D eigenvalue weighted by Crippen LogP contribution is 2.34. The molecule has 2 rings (SSSR count). The molecule has 0 aromatic carbocycles. The lowest BCUT2D eigenvalue weighted by Gasteiger charge is -2.24. The molecule has 1 fully saturated rings. The van der Waals surface area contributed by atoms with Crippen LogP contribution in [0.15, 0.2) is 0 Å². The van der Waals surface area contributed by atoms with E-state index >= 15 is 0 Å². The van der Waals surface area contributed by atoms with E-state index in [4.69, 9.17) is 11.5 Å². The second kappa shape index (κ2) is 4.77. The van der Waals surface area contributed by atoms with Crippen LogP contribution in [0.3, 0.4) is 0 Å². The van der Waals surface area contributed by atoms with Gasteiger partial charge in [0.1, 0.15) is 0 Å². The lowest BCUT2D eigenvalue weighted by molar-refractivity contribution is -0.125. The van der Waals surface area contributed by atoms with Crippen molar-refractivity contribution in [3.8, 4) is 0 Å². The monoisotopic (exact) mass is 263 g/mol. The number of rotatable bonds is 3. The number of hydrogen-bond donors (Lipinski definition) is 2. The first kappa shape index (κ1) is 13.7. The summed E-state index contributed by atoms with van der Waals surface area (Å²) in [4.78, 5) is 13.6. The van der Waals surface area contributed by atoms with Crippen LogP contribution >= 0.6 is 0 Å².